The van der Waals surface area contributed by atoms with E-state index in [9.17, 15) is 0 Å². The van der Waals surface area contributed by atoms with E-state index in [1.807, 2.05) is 0 Å². The minimum atomic E-state index is -4.33. The molecule has 14 nitrogen and oxygen atoms in total. The maximum absolute atomic E-state index is 8.96. The summed E-state index contributed by atoms with van der Waals surface area (Å²) < 4.78 is 26.7. The van der Waals surface area contributed by atoms with Crippen molar-refractivity contribution in [3.8, 4) is 0 Å². The van der Waals surface area contributed by atoms with E-state index >= 15 is 0 Å². The SMILES string of the molecule is O.O.O.O.O.O=S([O-])([O-])=S.OCC(O)C(O)C(O)C(O)CO.[Na+].[Na+]. The second-order valence-electron chi connectivity index (χ2n) is 2.89. The standard InChI is InChI=1S/C6H14O6.2Na.H2O3S2.5H2O/c7-1-3(9)5(11)6(12)4(10)2-8;;;1-5(2,3)4;;;;;/h3-12H,1-2H2;;;(H2,1,2,3,4);5*1H2/q;2*+1;;;;;;/p-2. The Morgan fingerprint density at radius 2 is 0.875 bits per heavy atom. The van der Waals surface area contributed by atoms with Crippen LogP contribution in [-0.4, -0.2) is 109 Å². The van der Waals surface area contributed by atoms with Gasteiger partial charge in [0, 0.05) is 0 Å². The average molecular weight is 430 g/mol. The monoisotopic (exact) mass is 430 g/mol. The molecule has 0 saturated heterocycles. The summed E-state index contributed by atoms with van der Waals surface area (Å²) in [5.41, 5.74) is 0. The Morgan fingerprint density at radius 3 is 0.958 bits per heavy atom. The van der Waals surface area contributed by atoms with E-state index in [1.54, 1.807) is 0 Å². The fourth-order valence-electron chi connectivity index (χ4n) is 0.671. The van der Waals surface area contributed by atoms with Crippen molar-refractivity contribution in [3.05, 3.63) is 0 Å². The zero-order valence-electron chi connectivity index (χ0n) is 12.9. The van der Waals surface area contributed by atoms with Gasteiger partial charge in [-0.3, -0.25) is 4.21 Å². The molecule has 0 aliphatic rings. The van der Waals surface area contributed by atoms with Crippen LogP contribution in [0.5, 0.6) is 0 Å². The van der Waals surface area contributed by atoms with Gasteiger partial charge in [0.25, 0.3) is 0 Å². The molecule has 0 aliphatic carbocycles. The van der Waals surface area contributed by atoms with Crippen LogP contribution in [-0.2, 0) is 20.2 Å². The van der Waals surface area contributed by atoms with Crippen molar-refractivity contribution in [3.63, 3.8) is 0 Å². The van der Waals surface area contributed by atoms with Gasteiger partial charge >= 0.3 is 59.1 Å². The Morgan fingerprint density at radius 1 is 0.750 bits per heavy atom. The molecule has 18 heteroatoms. The van der Waals surface area contributed by atoms with Crippen LogP contribution in [0, 0.1) is 0 Å². The molecule has 0 aliphatic heterocycles. The molecule has 0 bridgehead atoms. The molecule has 0 aromatic carbocycles. The fraction of sp³-hybridized carbons (Fsp3) is 1.00. The van der Waals surface area contributed by atoms with Crippen LogP contribution in [0.1, 0.15) is 0 Å². The van der Waals surface area contributed by atoms with Gasteiger partial charge in [-0.25, -0.2) is 0 Å². The first-order chi connectivity index (χ1) is 7.54. The van der Waals surface area contributed by atoms with Crippen LogP contribution in [0.4, 0.5) is 0 Å². The molecule has 0 amide bonds. The van der Waals surface area contributed by atoms with E-state index in [2.05, 4.69) is 11.2 Å². The minimum absolute atomic E-state index is 0. The van der Waals surface area contributed by atoms with Gasteiger partial charge in [-0.15, -0.1) is 9.05 Å². The Kier molecular flexibility index (Phi) is 69.4. The van der Waals surface area contributed by atoms with Crippen LogP contribution in [0.3, 0.4) is 0 Å². The van der Waals surface area contributed by atoms with Gasteiger partial charge in [0.15, 0.2) is 0 Å². The van der Waals surface area contributed by atoms with Crippen molar-refractivity contribution in [2.24, 2.45) is 0 Å². The first-order valence-electron chi connectivity index (χ1n) is 4.15. The van der Waals surface area contributed by atoms with Gasteiger partial charge in [0.2, 0.25) is 0 Å². The second-order valence-corrected chi connectivity index (χ2v) is 4.93. The molecule has 4 unspecified atom stereocenters. The van der Waals surface area contributed by atoms with E-state index < -0.39 is 46.7 Å². The third-order valence-electron chi connectivity index (χ3n) is 1.51. The Bertz CT molecular complexity index is 271. The quantitative estimate of drug-likeness (QED) is 0.223. The number of rotatable bonds is 5. The first kappa shape index (κ1) is 56.2. The third kappa shape index (κ3) is 39.1. The zero-order chi connectivity index (χ0) is 14.2. The van der Waals surface area contributed by atoms with Gasteiger partial charge in [-0.1, -0.05) is 0 Å². The fourth-order valence-corrected chi connectivity index (χ4v) is 0.671. The predicted octanol–water partition coefficient (Wildman–Crippen LogP) is -14.7. The van der Waals surface area contributed by atoms with E-state index in [4.69, 9.17) is 44.0 Å². The molecule has 0 aromatic rings. The van der Waals surface area contributed by atoms with Crippen molar-refractivity contribution in [1.29, 1.82) is 0 Å². The van der Waals surface area contributed by atoms with Gasteiger partial charge in [0.1, 0.15) is 24.4 Å². The number of aliphatic hydroxyl groups is 6. The summed E-state index contributed by atoms with van der Waals surface area (Å²) in [5, 5.41) is 52.2. The maximum Gasteiger partial charge on any atom is 1.00 e. The summed E-state index contributed by atoms with van der Waals surface area (Å²) in [7, 11) is -4.33. The molecule has 0 spiro atoms. The van der Waals surface area contributed by atoms with Gasteiger partial charge in [-0.2, -0.15) is 0 Å². The van der Waals surface area contributed by atoms with E-state index in [0.717, 1.165) is 0 Å². The van der Waals surface area contributed by atoms with E-state index in [-0.39, 0.29) is 86.5 Å². The smallest absolute Gasteiger partial charge is 0.780 e. The summed E-state index contributed by atoms with van der Waals surface area (Å²) in [6, 6.07) is 0. The molecule has 0 saturated carbocycles. The average Bonchev–Trinajstić information content (AvgIpc) is 2.22. The number of aliphatic hydroxyl groups excluding tert-OH is 6. The Balaban J connectivity index is -0.0000000242. The normalized spacial score (nSPS) is 13.2. The predicted molar refractivity (Wildman–Crippen MR) is 73.3 cm³/mol. The molecule has 16 N–H and O–H groups in total. The molecule has 24 heavy (non-hydrogen) atoms. The number of hydrogen-bond acceptors (Lipinski definition) is 10. The zero-order valence-corrected chi connectivity index (χ0v) is 18.6. The molecule has 0 aromatic heterocycles. The van der Waals surface area contributed by atoms with Crippen molar-refractivity contribution in [1.82, 2.24) is 0 Å². The second kappa shape index (κ2) is 29.6. The molecule has 0 rings (SSSR count). The summed E-state index contributed by atoms with van der Waals surface area (Å²) in [6.45, 7) is -1.45. The van der Waals surface area contributed by atoms with E-state index in [0.29, 0.717) is 0 Å². The topological polar surface area (TPSA) is 342 Å². The molecular weight excluding hydrogens is 406 g/mol. The van der Waals surface area contributed by atoms with Crippen molar-refractivity contribution < 1.29 is 130 Å². The third-order valence-corrected chi connectivity index (χ3v) is 1.51. The summed E-state index contributed by atoms with van der Waals surface area (Å²) in [5.74, 6) is 0. The molecule has 0 heterocycles. The van der Waals surface area contributed by atoms with Crippen molar-refractivity contribution in [2.75, 3.05) is 13.2 Å². The maximum atomic E-state index is 8.96. The largest absolute Gasteiger partial charge is 1.00 e. The summed E-state index contributed by atoms with van der Waals surface area (Å²) in [6.07, 6.45) is -6.39. The van der Waals surface area contributed by atoms with Crippen molar-refractivity contribution >= 4 is 20.2 Å². The van der Waals surface area contributed by atoms with Crippen LogP contribution in [0.25, 0.3) is 0 Å². The van der Waals surface area contributed by atoms with Gasteiger partial charge < -0.3 is 67.1 Å². The van der Waals surface area contributed by atoms with Crippen LogP contribution in [0.15, 0.2) is 0 Å². The number of hydrogen-bond donors (Lipinski definition) is 6. The van der Waals surface area contributed by atoms with Crippen molar-refractivity contribution in [2.45, 2.75) is 24.4 Å². The summed E-state index contributed by atoms with van der Waals surface area (Å²) >= 11 is 3.24. The first-order valence-corrected chi connectivity index (χ1v) is 6.48. The Labute approximate surface area is 187 Å². The summed E-state index contributed by atoms with van der Waals surface area (Å²) in [4.78, 5) is 0. The van der Waals surface area contributed by atoms with Crippen LogP contribution in [0.2, 0.25) is 0 Å². The molecule has 146 valence electrons. The minimum Gasteiger partial charge on any atom is -0.780 e. The molecule has 0 fully saturated rings. The van der Waals surface area contributed by atoms with Crippen LogP contribution >= 0.6 is 0 Å². The van der Waals surface area contributed by atoms with Crippen LogP contribution < -0.4 is 59.1 Å². The van der Waals surface area contributed by atoms with Gasteiger partial charge in [0.05, 0.1) is 13.2 Å². The molecular formula is C6H24Na2O14S2. The molecule has 4 atom stereocenters. The Hall–Kier alpha value is 1.85. The van der Waals surface area contributed by atoms with Gasteiger partial charge in [-0.05, 0) is 11.2 Å². The van der Waals surface area contributed by atoms with E-state index in [1.165, 1.54) is 0 Å². The molecule has 0 radical (unpaired) electrons.